The molecular formula is C15H17ClN2O5. The highest BCUT2D eigenvalue weighted by Crippen LogP contribution is 2.23. The van der Waals surface area contributed by atoms with E-state index in [1.807, 2.05) is 0 Å². The van der Waals surface area contributed by atoms with E-state index in [9.17, 15) is 14.7 Å². The highest BCUT2D eigenvalue weighted by molar-refractivity contribution is 6.30. The molecule has 1 rings (SSSR count). The van der Waals surface area contributed by atoms with E-state index in [0.29, 0.717) is 16.3 Å². The Morgan fingerprint density at radius 2 is 1.78 bits per heavy atom. The van der Waals surface area contributed by atoms with Crippen LogP contribution in [-0.2, 0) is 19.1 Å². The van der Waals surface area contributed by atoms with Gasteiger partial charge in [-0.25, -0.2) is 9.59 Å². The molecule has 1 N–H and O–H groups in total. The lowest BCUT2D eigenvalue weighted by Gasteiger charge is -2.05. The van der Waals surface area contributed by atoms with Crippen LogP contribution in [0.1, 0.15) is 19.4 Å². The van der Waals surface area contributed by atoms with Crippen molar-refractivity contribution in [2.75, 3.05) is 13.2 Å². The van der Waals surface area contributed by atoms with Gasteiger partial charge in [0, 0.05) is 5.02 Å². The van der Waals surface area contributed by atoms with E-state index < -0.39 is 23.4 Å². The molecule has 0 saturated carbocycles. The monoisotopic (exact) mass is 340 g/mol. The number of benzene rings is 1. The van der Waals surface area contributed by atoms with Crippen LogP contribution in [0.2, 0.25) is 5.02 Å². The molecule has 0 unspecified atom stereocenters. The van der Waals surface area contributed by atoms with Crippen molar-refractivity contribution in [2.24, 2.45) is 10.2 Å². The summed E-state index contributed by atoms with van der Waals surface area (Å²) in [6, 6.07) is 4.85. The number of rotatable bonds is 6. The Morgan fingerprint density at radius 1 is 1.17 bits per heavy atom. The number of halogens is 1. The first-order valence-corrected chi connectivity index (χ1v) is 7.23. The number of ether oxygens (including phenoxy) is 2. The van der Waals surface area contributed by atoms with Crippen molar-refractivity contribution in [3.63, 3.8) is 0 Å². The van der Waals surface area contributed by atoms with Gasteiger partial charge in [-0.3, -0.25) is 0 Å². The summed E-state index contributed by atoms with van der Waals surface area (Å²) in [5.74, 6) is -3.02. The van der Waals surface area contributed by atoms with Gasteiger partial charge in [0.25, 0.3) is 0 Å². The molecule has 0 radical (unpaired) electrons. The number of hydrogen-bond acceptors (Lipinski definition) is 7. The lowest BCUT2D eigenvalue weighted by molar-refractivity contribution is -0.144. The van der Waals surface area contributed by atoms with Crippen molar-refractivity contribution < 1.29 is 24.2 Å². The number of nitrogens with zero attached hydrogens (tertiary/aromatic N) is 2. The maximum Gasteiger partial charge on any atom is 0.376 e. The van der Waals surface area contributed by atoms with Gasteiger partial charge in [0.2, 0.25) is 11.5 Å². The average molecular weight is 341 g/mol. The maximum atomic E-state index is 11.8. The molecule has 0 heterocycles. The Hall–Kier alpha value is -2.41. The third-order valence-corrected chi connectivity index (χ3v) is 2.81. The average Bonchev–Trinajstić information content (AvgIpc) is 2.49. The van der Waals surface area contributed by atoms with Crippen LogP contribution in [0.5, 0.6) is 0 Å². The lowest BCUT2D eigenvalue weighted by atomic mass is 10.2. The van der Waals surface area contributed by atoms with Gasteiger partial charge < -0.3 is 14.6 Å². The lowest BCUT2D eigenvalue weighted by Crippen LogP contribution is -2.15. The number of aryl methyl sites for hydroxylation is 1. The zero-order chi connectivity index (χ0) is 17.4. The topological polar surface area (TPSA) is 97.5 Å². The first-order valence-electron chi connectivity index (χ1n) is 6.86. The van der Waals surface area contributed by atoms with Crippen LogP contribution < -0.4 is 0 Å². The van der Waals surface area contributed by atoms with Crippen molar-refractivity contribution in [1.29, 1.82) is 0 Å². The number of carbonyl (C=O) groups is 2. The molecule has 0 aliphatic heterocycles. The molecule has 0 fully saturated rings. The second kappa shape index (κ2) is 8.89. The zero-order valence-corrected chi connectivity index (χ0v) is 13.8. The Labute approximate surface area is 138 Å². The molecule has 0 aromatic heterocycles. The molecule has 7 nitrogen and oxygen atoms in total. The molecule has 0 spiro atoms. The molecule has 0 amide bonds. The van der Waals surface area contributed by atoms with Crippen molar-refractivity contribution in [1.82, 2.24) is 0 Å². The second-order valence-corrected chi connectivity index (χ2v) is 4.71. The van der Waals surface area contributed by atoms with Crippen molar-refractivity contribution >= 4 is 29.2 Å². The fraction of sp³-hybridized carbons (Fsp3) is 0.333. The van der Waals surface area contributed by atoms with Gasteiger partial charge in [-0.1, -0.05) is 11.6 Å². The minimum absolute atomic E-state index is 0.0342. The third kappa shape index (κ3) is 5.37. The SMILES string of the molecule is CCOC(=O)C(O)=C(N=Nc1ccc(Cl)cc1C)C(=O)OCC. The fourth-order valence-corrected chi connectivity index (χ4v) is 1.74. The molecule has 8 heteroatoms. The van der Waals surface area contributed by atoms with E-state index in [0.717, 1.165) is 0 Å². The quantitative estimate of drug-likeness (QED) is 0.369. The van der Waals surface area contributed by atoms with Gasteiger partial charge in [-0.05, 0) is 44.5 Å². The van der Waals surface area contributed by atoms with E-state index in [-0.39, 0.29) is 13.2 Å². The van der Waals surface area contributed by atoms with Gasteiger partial charge >= 0.3 is 11.9 Å². The van der Waals surface area contributed by atoms with Crippen LogP contribution in [0.3, 0.4) is 0 Å². The second-order valence-electron chi connectivity index (χ2n) is 4.27. The smallest absolute Gasteiger partial charge is 0.376 e. The number of esters is 2. The molecular weight excluding hydrogens is 324 g/mol. The van der Waals surface area contributed by atoms with Gasteiger partial charge in [-0.15, -0.1) is 10.2 Å². The van der Waals surface area contributed by atoms with Gasteiger partial charge in [0.15, 0.2) is 0 Å². The standard InChI is InChI=1S/C15H17ClN2O5/c1-4-22-14(20)12(13(19)15(21)23-5-2)18-17-11-7-6-10(16)8-9(11)3/h6-8,19H,4-5H2,1-3H3. The van der Waals surface area contributed by atoms with Crippen LogP contribution in [0.4, 0.5) is 5.69 Å². The summed E-state index contributed by atoms with van der Waals surface area (Å²) in [5.41, 5.74) is 0.507. The fourth-order valence-electron chi connectivity index (χ4n) is 1.52. The normalized spacial score (nSPS) is 12.0. The Kier molecular flexibility index (Phi) is 7.21. The number of carbonyl (C=O) groups excluding carboxylic acids is 2. The summed E-state index contributed by atoms with van der Waals surface area (Å²) < 4.78 is 9.38. The number of hydrogen-bond donors (Lipinski definition) is 1. The molecule has 0 bridgehead atoms. The first-order chi connectivity index (χ1) is 10.9. The third-order valence-electron chi connectivity index (χ3n) is 2.58. The summed E-state index contributed by atoms with van der Waals surface area (Å²) in [5, 5.41) is 17.8. The Bertz CT molecular complexity index is 655. The van der Waals surface area contributed by atoms with Crippen LogP contribution in [0, 0.1) is 6.92 Å². The number of aliphatic hydroxyl groups is 1. The van der Waals surface area contributed by atoms with Crippen molar-refractivity contribution in [3.05, 3.63) is 40.2 Å². The largest absolute Gasteiger partial charge is 0.500 e. The number of aliphatic hydroxyl groups excluding tert-OH is 1. The van der Waals surface area contributed by atoms with Crippen LogP contribution >= 0.6 is 11.6 Å². The highest BCUT2D eigenvalue weighted by Gasteiger charge is 2.23. The molecule has 0 aliphatic rings. The maximum absolute atomic E-state index is 11.8. The molecule has 0 atom stereocenters. The molecule has 0 saturated heterocycles. The predicted octanol–water partition coefficient (Wildman–Crippen LogP) is 3.63. The minimum atomic E-state index is -1.08. The Morgan fingerprint density at radius 3 is 2.35 bits per heavy atom. The summed E-state index contributed by atoms with van der Waals surface area (Å²) >= 11 is 5.84. The predicted molar refractivity (Wildman–Crippen MR) is 83.6 cm³/mol. The summed E-state index contributed by atoms with van der Waals surface area (Å²) in [6.07, 6.45) is 0. The molecule has 1 aromatic rings. The van der Waals surface area contributed by atoms with E-state index >= 15 is 0 Å². The number of azo groups is 1. The molecule has 0 aliphatic carbocycles. The van der Waals surface area contributed by atoms with Crippen LogP contribution in [-0.4, -0.2) is 30.3 Å². The summed E-state index contributed by atoms with van der Waals surface area (Å²) in [6.45, 7) is 4.98. The van der Waals surface area contributed by atoms with Gasteiger partial charge in [0.1, 0.15) is 0 Å². The Balaban J connectivity index is 3.19. The van der Waals surface area contributed by atoms with Gasteiger partial charge in [-0.2, -0.15) is 0 Å². The molecule has 1 aromatic carbocycles. The minimum Gasteiger partial charge on any atom is -0.500 e. The summed E-state index contributed by atoms with van der Waals surface area (Å²) in [7, 11) is 0. The van der Waals surface area contributed by atoms with E-state index in [1.54, 1.807) is 39.0 Å². The van der Waals surface area contributed by atoms with Gasteiger partial charge in [0.05, 0.1) is 18.9 Å². The zero-order valence-electron chi connectivity index (χ0n) is 13.0. The summed E-state index contributed by atoms with van der Waals surface area (Å²) in [4.78, 5) is 23.4. The van der Waals surface area contributed by atoms with Crippen molar-refractivity contribution in [3.8, 4) is 0 Å². The van der Waals surface area contributed by atoms with Crippen LogP contribution in [0.25, 0.3) is 0 Å². The molecule has 124 valence electrons. The molecule has 23 heavy (non-hydrogen) atoms. The van der Waals surface area contributed by atoms with Crippen LogP contribution in [0.15, 0.2) is 39.9 Å². The highest BCUT2D eigenvalue weighted by atomic mass is 35.5. The first kappa shape index (κ1) is 18.6. The van der Waals surface area contributed by atoms with E-state index in [1.165, 1.54) is 0 Å². The van der Waals surface area contributed by atoms with E-state index in [4.69, 9.17) is 16.3 Å². The van der Waals surface area contributed by atoms with E-state index in [2.05, 4.69) is 15.0 Å². The van der Waals surface area contributed by atoms with Crippen molar-refractivity contribution in [2.45, 2.75) is 20.8 Å².